The number of alkyl halides is 1. The van der Waals surface area contributed by atoms with E-state index in [0.29, 0.717) is 22.3 Å². The van der Waals surface area contributed by atoms with E-state index in [0.717, 1.165) is 28.2 Å². The monoisotopic (exact) mass is 339 g/mol. The third kappa shape index (κ3) is 2.61. The Hall–Kier alpha value is -1.29. The van der Waals surface area contributed by atoms with Crippen LogP contribution < -0.4 is 0 Å². The molecule has 0 aliphatic carbocycles. The lowest BCUT2D eigenvalue weighted by Gasteiger charge is -2.10. The quantitative estimate of drug-likeness (QED) is 0.640. The van der Waals surface area contributed by atoms with Crippen LogP contribution in [0.2, 0.25) is 10.0 Å². The molecule has 3 nitrogen and oxygen atoms in total. The van der Waals surface area contributed by atoms with Crippen LogP contribution in [0.25, 0.3) is 16.9 Å². The van der Waals surface area contributed by atoms with Gasteiger partial charge in [-0.05, 0) is 36.8 Å². The van der Waals surface area contributed by atoms with Crippen LogP contribution in [0.15, 0.2) is 30.5 Å². The van der Waals surface area contributed by atoms with Crippen molar-refractivity contribution in [2.75, 3.05) is 5.88 Å². The van der Waals surface area contributed by atoms with Crippen LogP contribution in [0.5, 0.6) is 0 Å². The molecule has 6 heteroatoms. The first-order chi connectivity index (χ1) is 10.1. The first kappa shape index (κ1) is 14.6. The second kappa shape index (κ2) is 5.84. The largest absolute Gasteiger partial charge is 0.279 e. The zero-order valence-corrected chi connectivity index (χ0v) is 13.5. The van der Waals surface area contributed by atoms with Gasteiger partial charge in [-0.15, -0.1) is 11.6 Å². The van der Waals surface area contributed by atoms with E-state index >= 15 is 0 Å². The summed E-state index contributed by atoms with van der Waals surface area (Å²) in [5.74, 6) is 1.32. The van der Waals surface area contributed by atoms with Crippen molar-refractivity contribution in [3.63, 3.8) is 0 Å². The maximum absolute atomic E-state index is 6.34. The van der Waals surface area contributed by atoms with Crippen molar-refractivity contribution in [3.8, 4) is 5.69 Å². The van der Waals surface area contributed by atoms with E-state index in [9.17, 15) is 0 Å². The Morgan fingerprint density at radius 1 is 1.19 bits per heavy atom. The summed E-state index contributed by atoms with van der Waals surface area (Å²) in [6, 6.07) is 7.32. The average molecular weight is 341 g/mol. The molecule has 0 bridgehead atoms. The van der Waals surface area contributed by atoms with E-state index in [1.54, 1.807) is 18.3 Å². The molecule has 0 amide bonds. The first-order valence-corrected chi connectivity index (χ1v) is 7.75. The molecule has 3 rings (SSSR count). The Bertz CT molecular complexity index is 811. The van der Waals surface area contributed by atoms with Gasteiger partial charge in [0.15, 0.2) is 5.65 Å². The second-order valence-electron chi connectivity index (χ2n) is 4.70. The standard InChI is InChI=1S/C15H12Cl3N3/c1-9-5-7-19-15-14(9)20-13(4-6-16)21(15)12-3-2-10(17)8-11(12)18/h2-3,5,7-8H,4,6H2,1H3. The van der Waals surface area contributed by atoms with Gasteiger partial charge in [0.1, 0.15) is 11.3 Å². The van der Waals surface area contributed by atoms with E-state index in [2.05, 4.69) is 9.97 Å². The lowest BCUT2D eigenvalue weighted by molar-refractivity contribution is 0.905. The molecule has 108 valence electrons. The fourth-order valence-electron chi connectivity index (χ4n) is 2.31. The Balaban J connectivity index is 2.33. The molecule has 0 fully saturated rings. The van der Waals surface area contributed by atoms with E-state index in [1.807, 2.05) is 23.6 Å². The predicted molar refractivity (Wildman–Crippen MR) is 88.0 cm³/mol. The molecule has 0 spiro atoms. The molecule has 2 aromatic heterocycles. The first-order valence-electron chi connectivity index (χ1n) is 6.46. The minimum atomic E-state index is 0.480. The Kier molecular flexibility index (Phi) is 4.07. The summed E-state index contributed by atoms with van der Waals surface area (Å²) >= 11 is 18.2. The van der Waals surface area contributed by atoms with Crippen molar-refractivity contribution >= 4 is 46.0 Å². The van der Waals surface area contributed by atoms with Gasteiger partial charge < -0.3 is 0 Å². The molecule has 2 heterocycles. The molecule has 0 saturated heterocycles. The zero-order valence-electron chi connectivity index (χ0n) is 11.3. The fourth-order valence-corrected chi connectivity index (χ4v) is 2.97. The summed E-state index contributed by atoms with van der Waals surface area (Å²) in [4.78, 5) is 9.12. The molecule has 0 unspecified atom stereocenters. The number of fused-ring (bicyclic) bond motifs is 1. The minimum absolute atomic E-state index is 0.480. The van der Waals surface area contributed by atoms with Crippen molar-refractivity contribution in [1.29, 1.82) is 0 Å². The molecule has 0 radical (unpaired) electrons. The minimum Gasteiger partial charge on any atom is -0.279 e. The van der Waals surface area contributed by atoms with Crippen molar-refractivity contribution in [1.82, 2.24) is 14.5 Å². The van der Waals surface area contributed by atoms with Crippen LogP contribution >= 0.6 is 34.8 Å². The van der Waals surface area contributed by atoms with Gasteiger partial charge in [0.2, 0.25) is 0 Å². The van der Waals surface area contributed by atoms with Crippen LogP contribution in [0.3, 0.4) is 0 Å². The average Bonchev–Trinajstić information content (AvgIpc) is 2.79. The Morgan fingerprint density at radius 3 is 2.71 bits per heavy atom. The van der Waals surface area contributed by atoms with Gasteiger partial charge in [0.25, 0.3) is 0 Å². The highest BCUT2D eigenvalue weighted by Gasteiger charge is 2.16. The van der Waals surface area contributed by atoms with Crippen LogP contribution in [-0.4, -0.2) is 20.4 Å². The van der Waals surface area contributed by atoms with Gasteiger partial charge in [-0.25, -0.2) is 9.97 Å². The number of nitrogens with zero attached hydrogens (tertiary/aromatic N) is 3. The second-order valence-corrected chi connectivity index (χ2v) is 5.92. The van der Waals surface area contributed by atoms with Crippen molar-refractivity contribution in [2.45, 2.75) is 13.3 Å². The Labute approximate surface area is 137 Å². The molecule has 0 N–H and O–H groups in total. The van der Waals surface area contributed by atoms with Gasteiger partial charge in [-0.1, -0.05) is 23.2 Å². The normalized spacial score (nSPS) is 11.2. The molecule has 0 aliphatic rings. The number of halogens is 3. The van der Waals surface area contributed by atoms with E-state index in [4.69, 9.17) is 34.8 Å². The van der Waals surface area contributed by atoms with Gasteiger partial charge >= 0.3 is 0 Å². The zero-order chi connectivity index (χ0) is 15.0. The third-order valence-corrected chi connectivity index (χ3v) is 4.01. The van der Waals surface area contributed by atoms with E-state index in [-0.39, 0.29) is 0 Å². The number of pyridine rings is 1. The van der Waals surface area contributed by atoms with E-state index < -0.39 is 0 Å². The Morgan fingerprint density at radius 2 is 2.00 bits per heavy atom. The molecular formula is C15H12Cl3N3. The number of aryl methyl sites for hydroxylation is 2. The lowest BCUT2D eigenvalue weighted by atomic mass is 10.2. The fraction of sp³-hybridized carbons (Fsp3) is 0.200. The third-order valence-electron chi connectivity index (χ3n) is 3.29. The molecule has 1 aromatic carbocycles. The SMILES string of the molecule is Cc1ccnc2c1nc(CCCl)n2-c1ccc(Cl)cc1Cl. The molecule has 21 heavy (non-hydrogen) atoms. The summed E-state index contributed by atoms with van der Waals surface area (Å²) in [5, 5.41) is 1.15. The maximum Gasteiger partial charge on any atom is 0.164 e. The highest BCUT2D eigenvalue weighted by atomic mass is 35.5. The van der Waals surface area contributed by atoms with Crippen LogP contribution in [0.4, 0.5) is 0 Å². The van der Waals surface area contributed by atoms with Crippen molar-refractivity contribution in [2.24, 2.45) is 0 Å². The summed E-state index contributed by atoms with van der Waals surface area (Å²) in [5.41, 5.74) is 3.52. The van der Waals surface area contributed by atoms with Gasteiger partial charge in [-0.3, -0.25) is 4.57 Å². The summed E-state index contributed by atoms with van der Waals surface area (Å²) in [7, 11) is 0. The number of rotatable bonds is 3. The predicted octanol–water partition coefficient (Wildman–Crippen LogP) is 4.82. The number of imidazole rings is 1. The number of hydrogen-bond acceptors (Lipinski definition) is 2. The number of benzene rings is 1. The van der Waals surface area contributed by atoms with Crippen LogP contribution in [0.1, 0.15) is 11.4 Å². The molecular weight excluding hydrogens is 329 g/mol. The molecule has 0 saturated carbocycles. The smallest absolute Gasteiger partial charge is 0.164 e. The van der Waals surface area contributed by atoms with Crippen molar-refractivity contribution in [3.05, 3.63) is 51.9 Å². The summed E-state index contributed by atoms with van der Waals surface area (Å²) in [6.07, 6.45) is 2.40. The molecule has 3 aromatic rings. The summed E-state index contributed by atoms with van der Waals surface area (Å²) in [6.45, 7) is 2.01. The van der Waals surface area contributed by atoms with Crippen molar-refractivity contribution < 1.29 is 0 Å². The van der Waals surface area contributed by atoms with Gasteiger partial charge in [0.05, 0.1) is 10.7 Å². The van der Waals surface area contributed by atoms with Gasteiger partial charge in [0, 0.05) is 23.5 Å². The number of hydrogen-bond donors (Lipinski definition) is 0. The molecule has 0 aliphatic heterocycles. The van der Waals surface area contributed by atoms with Crippen LogP contribution in [-0.2, 0) is 6.42 Å². The van der Waals surface area contributed by atoms with E-state index in [1.165, 1.54) is 0 Å². The lowest BCUT2D eigenvalue weighted by Crippen LogP contribution is -2.03. The highest BCUT2D eigenvalue weighted by Crippen LogP contribution is 2.29. The topological polar surface area (TPSA) is 30.7 Å². The van der Waals surface area contributed by atoms with Gasteiger partial charge in [-0.2, -0.15) is 0 Å². The highest BCUT2D eigenvalue weighted by molar-refractivity contribution is 6.35. The molecule has 0 atom stereocenters. The number of aromatic nitrogens is 3. The summed E-state index contributed by atoms with van der Waals surface area (Å²) < 4.78 is 1.95. The van der Waals surface area contributed by atoms with Crippen LogP contribution in [0, 0.1) is 6.92 Å². The maximum atomic E-state index is 6.34.